The number of esters is 1. The van der Waals surface area contributed by atoms with Crippen LogP contribution in [0.25, 0.3) is 0 Å². The highest BCUT2D eigenvalue weighted by atomic mass is 16.5. The van der Waals surface area contributed by atoms with Gasteiger partial charge in [0.25, 0.3) is 0 Å². The van der Waals surface area contributed by atoms with E-state index in [4.69, 9.17) is 4.74 Å². The molecule has 1 atom stereocenters. The number of ketones is 1. The lowest BCUT2D eigenvalue weighted by Gasteiger charge is -2.07. The van der Waals surface area contributed by atoms with Gasteiger partial charge in [0, 0.05) is 19.3 Å². The zero-order valence-electron chi connectivity index (χ0n) is 8.75. The molecule has 0 radical (unpaired) electrons. The standard InChI is InChI=1S/C10H15NO4/c1-7(12)3-2-4-9(13)11-8-5-6-15-10(8)14/h8H,2-6H2,1H3,(H,11,13)/t8-/m0/s1. The fraction of sp³-hybridized carbons (Fsp3) is 0.700. The maximum absolute atomic E-state index is 11.3. The summed E-state index contributed by atoms with van der Waals surface area (Å²) < 4.78 is 4.70. The fourth-order valence-corrected chi connectivity index (χ4v) is 1.39. The Bertz CT molecular complexity index is 275. The van der Waals surface area contributed by atoms with Crippen molar-refractivity contribution in [3.05, 3.63) is 0 Å². The van der Waals surface area contributed by atoms with E-state index >= 15 is 0 Å². The average Bonchev–Trinajstić information content (AvgIpc) is 2.51. The molecule has 1 aliphatic heterocycles. The summed E-state index contributed by atoms with van der Waals surface area (Å²) in [6, 6.07) is -0.491. The van der Waals surface area contributed by atoms with Crippen molar-refractivity contribution in [1.29, 1.82) is 0 Å². The van der Waals surface area contributed by atoms with E-state index in [9.17, 15) is 14.4 Å². The van der Waals surface area contributed by atoms with Crippen LogP contribution in [0.15, 0.2) is 0 Å². The summed E-state index contributed by atoms with van der Waals surface area (Å²) in [5.41, 5.74) is 0. The van der Waals surface area contributed by atoms with Gasteiger partial charge < -0.3 is 14.8 Å². The largest absolute Gasteiger partial charge is 0.464 e. The molecule has 1 fully saturated rings. The maximum atomic E-state index is 11.3. The summed E-state index contributed by atoms with van der Waals surface area (Å²) >= 11 is 0. The predicted molar refractivity (Wildman–Crippen MR) is 52.0 cm³/mol. The molecule has 1 amide bonds. The Labute approximate surface area is 88.2 Å². The number of cyclic esters (lactones) is 1. The molecule has 0 saturated carbocycles. The Kier molecular flexibility index (Phi) is 4.27. The van der Waals surface area contributed by atoms with Crippen molar-refractivity contribution in [3.8, 4) is 0 Å². The summed E-state index contributed by atoms with van der Waals surface area (Å²) in [7, 11) is 0. The Balaban J connectivity index is 2.18. The average molecular weight is 213 g/mol. The second kappa shape index (κ2) is 5.48. The minimum atomic E-state index is -0.491. The Morgan fingerprint density at radius 1 is 1.47 bits per heavy atom. The van der Waals surface area contributed by atoms with Gasteiger partial charge in [-0.1, -0.05) is 0 Å². The van der Waals surface area contributed by atoms with E-state index in [2.05, 4.69) is 5.32 Å². The SMILES string of the molecule is CC(=O)CCCC(=O)N[C@H]1CCOC1=O. The van der Waals surface area contributed by atoms with Crippen LogP contribution in [0.5, 0.6) is 0 Å². The van der Waals surface area contributed by atoms with Crippen LogP contribution in [-0.2, 0) is 19.1 Å². The van der Waals surface area contributed by atoms with Crippen molar-refractivity contribution >= 4 is 17.7 Å². The molecule has 0 aliphatic carbocycles. The summed E-state index contributed by atoms with van der Waals surface area (Å²) in [6.45, 7) is 1.86. The number of carbonyl (C=O) groups excluding carboxylic acids is 3. The first-order valence-corrected chi connectivity index (χ1v) is 5.05. The van der Waals surface area contributed by atoms with E-state index in [1.807, 2.05) is 0 Å². The monoisotopic (exact) mass is 213 g/mol. The highest BCUT2D eigenvalue weighted by Crippen LogP contribution is 2.06. The van der Waals surface area contributed by atoms with Crippen LogP contribution >= 0.6 is 0 Å². The number of nitrogens with one attached hydrogen (secondary N) is 1. The summed E-state index contributed by atoms with van der Waals surface area (Å²) in [6.07, 6.45) is 1.76. The highest BCUT2D eigenvalue weighted by molar-refractivity contribution is 5.85. The third-order valence-electron chi connectivity index (χ3n) is 2.20. The fourth-order valence-electron chi connectivity index (χ4n) is 1.39. The van der Waals surface area contributed by atoms with E-state index in [1.54, 1.807) is 0 Å². The van der Waals surface area contributed by atoms with Crippen LogP contribution in [-0.4, -0.2) is 30.3 Å². The van der Waals surface area contributed by atoms with Crippen molar-refractivity contribution in [2.75, 3.05) is 6.61 Å². The minimum absolute atomic E-state index is 0.0723. The topological polar surface area (TPSA) is 72.5 Å². The highest BCUT2D eigenvalue weighted by Gasteiger charge is 2.27. The van der Waals surface area contributed by atoms with Crippen LogP contribution in [0, 0.1) is 0 Å². The zero-order valence-corrected chi connectivity index (χ0v) is 8.75. The van der Waals surface area contributed by atoms with Crippen molar-refractivity contribution in [3.63, 3.8) is 0 Å². The summed E-state index contributed by atoms with van der Waals surface area (Å²) in [5.74, 6) is -0.488. The minimum Gasteiger partial charge on any atom is -0.464 e. The first-order valence-electron chi connectivity index (χ1n) is 5.05. The Morgan fingerprint density at radius 3 is 2.73 bits per heavy atom. The number of rotatable bonds is 5. The number of carbonyl (C=O) groups is 3. The van der Waals surface area contributed by atoms with Crippen LogP contribution in [0.4, 0.5) is 0 Å². The normalized spacial score (nSPS) is 19.8. The lowest BCUT2D eigenvalue weighted by atomic mass is 10.1. The first-order chi connectivity index (χ1) is 7.09. The number of hydrogen-bond acceptors (Lipinski definition) is 4. The molecule has 1 N–H and O–H groups in total. The quantitative estimate of drug-likeness (QED) is 0.661. The van der Waals surface area contributed by atoms with Crippen LogP contribution < -0.4 is 5.32 Å². The van der Waals surface area contributed by atoms with Crippen LogP contribution in [0.3, 0.4) is 0 Å². The van der Waals surface area contributed by atoms with E-state index < -0.39 is 6.04 Å². The molecule has 5 heteroatoms. The second-order valence-corrected chi connectivity index (χ2v) is 3.63. The van der Waals surface area contributed by atoms with Gasteiger partial charge >= 0.3 is 5.97 Å². The van der Waals surface area contributed by atoms with E-state index in [0.29, 0.717) is 25.9 Å². The van der Waals surface area contributed by atoms with Gasteiger partial charge in [0.2, 0.25) is 5.91 Å². The summed E-state index contributed by atoms with van der Waals surface area (Å²) in [4.78, 5) is 32.9. The third-order valence-corrected chi connectivity index (χ3v) is 2.20. The van der Waals surface area contributed by atoms with Crippen molar-refractivity contribution in [2.45, 2.75) is 38.6 Å². The molecule has 0 aromatic carbocycles. The van der Waals surface area contributed by atoms with E-state index in [1.165, 1.54) is 6.92 Å². The molecule has 1 saturated heterocycles. The smallest absolute Gasteiger partial charge is 0.328 e. The van der Waals surface area contributed by atoms with Gasteiger partial charge in [-0.3, -0.25) is 4.79 Å². The van der Waals surface area contributed by atoms with Gasteiger partial charge in [0.05, 0.1) is 6.61 Å². The van der Waals surface area contributed by atoms with Crippen molar-refractivity contribution < 1.29 is 19.1 Å². The number of ether oxygens (including phenoxy) is 1. The molecule has 84 valence electrons. The summed E-state index contributed by atoms with van der Waals surface area (Å²) in [5, 5.41) is 2.58. The molecular weight excluding hydrogens is 198 g/mol. The third kappa shape index (κ3) is 4.10. The predicted octanol–water partition coefficient (Wildman–Crippen LogP) is 0.177. The molecular formula is C10H15NO4. The lowest BCUT2D eigenvalue weighted by Crippen LogP contribution is -2.37. The lowest BCUT2D eigenvalue weighted by molar-refractivity contribution is -0.141. The van der Waals surface area contributed by atoms with Gasteiger partial charge in [0.15, 0.2) is 0 Å². The van der Waals surface area contributed by atoms with Gasteiger partial charge in [0.1, 0.15) is 11.8 Å². The zero-order chi connectivity index (χ0) is 11.3. The molecule has 0 spiro atoms. The second-order valence-electron chi connectivity index (χ2n) is 3.63. The van der Waals surface area contributed by atoms with Crippen LogP contribution in [0.1, 0.15) is 32.6 Å². The molecule has 1 rings (SSSR count). The number of amides is 1. The van der Waals surface area contributed by atoms with Gasteiger partial charge in [-0.05, 0) is 13.3 Å². The van der Waals surface area contributed by atoms with E-state index in [-0.39, 0.29) is 24.1 Å². The van der Waals surface area contributed by atoms with E-state index in [0.717, 1.165) is 0 Å². The number of hydrogen-bond donors (Lipinski definition) is 1. The van der Waals surface area contributed by atoms with Crippen molar-refractivity contribution in [2.24, 2.45) is 0 Å². The Hall–Kier alpha value is -1.39. The molecule has 0 aromatic rings. The molecule has 0 unspecified atom stereocenters. The van der Waals surface area contributed by atoms with Crippen molar-refractivity contribution in [1.82, 2.24) is 5.32 Å². The first kappa shape index (κ1) is 11.7. The molecule has 5 nitrogen and oxygen atoms in total. The molecule has 1 aliphatic rings. The van der Waals surface area contributed by atoms with Gasteiger partial charge in [-0.25, -0.2) is 4.79 Å². The molecule has 15 heavy (non-hydrogen) atoms. The molecule has 0 aromatic heterocycles. The van der Waals surface area contributed by atoms with Gasteiger partial charge in [-0.15, -0.1) is 0 Å². The van der Waals surface area contributed by atoms with Gasteiger partial charge in [-0.2, -0.15) is 0 Å². The molecule has 0 bridgehead atoms. The Morgan fingerprint density at radius 2 is 2.20 bits per heavy atom. The van der Waals surface area contributed by atoms with Crippen LogP contribution in [0.2, 0.25) is 0 Å². The number of Topliss-reactive ketones (excluding diaryl/α,β-unsaturated/α-hetero) is 1. The molecule has 1 heterocycles. The maximum Gasteiger partial charge on any atom is 0.328 e.